The van der Waals surface area contributed by atoms with E-state index in [9.17, 15) is 19.8 Å². The highest BCUT2D eigenvalue weighted by Gasteiger charge is 2.22. The number of carbonyl (C=O) groups is 2. The monoisotopic (exact) mass is 267 g/mol. The number of phenols is 2. The Hall–Kier alpha value is -2.24. The molecule has 0 fully saturated rings. The number of amides is 1. The maximum absolute atomic E-state index is 12.2. The zero-order valence-corrected chi connectivity index (χ0v) is 10.8. The predicted octanol–water partition coefficient (Wildman–Crippen LogP) is 1.42. The number of carbonyl (C=O) groups excluding carboxylic acids is 1. The largest absolute Gasteiger partial charge is 0.508 e. The number of hydrogen-bond acceptors (Lipinski definition) is 4. The van der Waals surface area contributed by atoms with Gasteiger partial charge in [-0.2, -0.15) is 0 Å². The Kier molecular flexibility index (Phi) is 4.74. The van der Waals surface area contributed by atoms with Gasteiger partial charge < -0.3 is 20.2 Å². The Bertz CT molecular complexity index is 484. The summed E-state index contributed by atoms with van der Waals surface area (Å²) in [5.41, 5.74) is 0.0388. The Morgan fingerprint density at radius 2 is 1.89 bits per heavy atom. The molecule has 0 aliphatic rings. The van der Waals surface area contributed by atoms with Crippen LogP contribution in [-0.2, 0) is 4.79 Å². The van der Waals surface area contributed by atoms with E-state index in [1.165, 1.54) is 17.0 Å². The number of benzene rings is 1. The maximum atomic E-state index is 12.2. The lowest BCUT2D eigenvalue weighted by Gasteiger charge is -2.26. The van der Waals surface area contributed by atoms with Gasteiger partial charge in [0.1, 0.15) is 11.5 Å². The second-order valence-corrected chi connectivity index (χ2v) is 4.44. The first kappa shape index (κ1) is 14.8. The normalized spacial score (nSPS) is 10.5. The van der Waals surface area contributed by atoms with Crippen molar-refractivity contribution in [3.8, 4) is 11.5 Å². The summed E-state index contributed by atoms with van der Waals surface area (Å²) in [5, 5.41) is 27.5. The number of aliphatic carboxylic acids is 1. The van der Waals surface area contributed by atoms with Gasteiger partial charge in [-0.05, 0) is 26.0 Å². The summed E-state index contributed by atoms with van der Waals surface area (Å²) in [4.78, 5) is 24.2. The highest BCUT2D eigenvalue weighted by molar-refractivity contribution is 5.97. The summed E-state index contributed by atoms with van der Waals surface area (Å²) < 4.78 is 0. The van der Waals surface area contributed by atoms with E-state index in [1.807, 2.05) is 0 Å². The highest BCUT2D eigenvalue weighted by atomic mass is 16.4. The standard InChI is InChI=1S/C13H17NO5/c1-8(2)14(6-5-12(17)18)13(19)10-4-3-9(15)7-11(10)16/h3-4,7-8,15-16H,5-6H2,1-2H3,(H,17,18). The number of nitrogens with zero attached hydrogens (tertiary/aromatic N) is 1. The molecule has 6 heteroatoms. The molecule has 0 aromatic heterocycles. The van der Waals surface area contributed by atoms with E-state index in [4.69, 9.17) is 5.11 Å². The molecule has 0 radical (unpaired) electrons. The Balaban J connectivity index is 2.95. The summed E-state index contributed by atoms with van der Waals surface area (Å²) >= 11 is 0. The molecular weight excluding hydrogens is 250 g/mol. The van der Waals surface area contributed by atoms with E-state index < -0.39 is 11.9 Å². The van der Waals surface area contributed by atoms with Crippen LogP contribution in [0, 0.1) is 0 Å². The molecule has 19 heavy (non-hydrogen) atoms. The Morgan fingerprint density at radius 1 is 1.26 bits per heavy atom. The van der Waals surface area contributed by atoms with Gasteiger partial charge in [-0.15, -0.1) is 0 Å². The molecule has 1 rings (SSSR count). The van der Waals surface area contributed by atoms with Gasteiger partial charge in [-0.25, -0.2) is 0 Å². The van der Waals surface area contributed by atoms with Crippen LogP contribution in [0.1, 0.15) is 30.6 Å². The van der Waals surface area contributed by atoms with E-state index >= 15 is 0 Å². The third kappa shape index (κ3) is 3.87. The number of carboxylic acids is 1. The summed E-state index contributed by atoms with van der Waals surface area (Å²) in [6, 6.07) is 3.48. The first-order valence-corrected chi connectivity index (χ1v) is 5.87. The fourth-order valence-corrected chi connectivity index (χ4v) is 1.67. The predicted molar refractivity (Wildman–Crippen MR) is 68.2 cm³/mol. The van der Waals surface area contributed by atoms with E-state index in [-0.39, 0.29) is 36.1 Å². The molecule has 1 aromatic rings. The lowest BCUT2D eigenvalue weighted by atomic mass is 10.1. The SMILES string of the molecule is CC(C)N(CCC(=O)O)C(=O)c1ccc(O)cc1O. The van der Waals surface area contributed by atoms with Crippen LogP contribution in [0.4, 0.5) is 0 Å². The number of phenolic OH excluding ortho intramolecular Hbond substituents is 2. The molecule has 6 nitrogen and oxygen atoms in total. The molecule has 0 heterocycles. The van der Waals surface area contributed by atoms with Crippen LogP contribution in [0.2, 0.25) is 0 Å². The van der Waals surface area contributed by atoms with Crippen molar-refractivity contribution in [2.24, 2.45) is 0 Å². The van der Waals surface area contributed by atoms with Gasteiger partial charge in [-0.1, -0.05) is 0 Å². The summed E-state index contributed by atoms with van der Waals surface area (Å²) in [6.07, 6.45) is -0.164. The minimum atomic E-state index is -0.992. The van der Waals surface area contributed by atoms with Gasteiger partial charge in [0.15, 0.2) is 0 Å². The van der Waals surface area contributed by atoms with Crippen LogP contribution in [-0.4, -0.2) is 44.7 Å². The van der Waals surface area contributed by atoms with E-state index in [0.717, 1.165) is 6.07 Å². The van der Waals surface area contributed by atoms with Crippen molar-refractivity contribution in [2.45, 2.75) is 26.3 Å². The highest BCUT2D eigenvalue weighted by Crippen LogP contribution is 2.24. The molecule has 0 unspecified atom stereocenters. The fourth-order valence-electron chi connectivity index (χ4n) is 1.67. The number of carboxylic acid groups (broad SMARTS) is 1. The topological polar surface area (TPSA) is 98.1 Å². The summed E-state index contributed by atoms with van der Waals surface area (Å²) in [7, 11) is 0. The van der Waals surface area contributed by atoms with Gasteiger partial charge >= 0.3 is 5.97 Å². The van der Waals surface area contributed by atoms with Crippen molar-refractivity contribution in [3.05, 3.63) is 23.8 Å². The molecule has 0 saturated carbocycles. The quantitative estimate of drug-likeness (QED) is 0.749. The average molecular weight is 267 g/mol. The first-order chi connectivity index (χ1) is 8.82. The summed E-state index contributed by atoms with van der Waals surface area (Å²) in [6.45, 7) is 3.58. The molecule has 104 valence electrons. The number of aromatic hydroxyl groups is 2. The molecule has 0 aliphatic carbocycles. The molecule has 1 aromatic carbocycles. The van der Waals surface area contributed by atoms with Crippen molar-refractivity contribution >= 4 is 11.9 Å². The van der Waals surface area contributed by atoms with Crippen LogP contribution in [0.3, 0.4) is 0 Å². The van der Waals surface area contributed by atoms with Gasteiger partial charge in [0.05, 0.1) is 12.0 Å². The molecule has 3 N–H and O–H groups in total. The van der Waals surface area contributed by atoms with Gasteiger partial charge in [0.2, 0.25) is 0 Å². The van der Waals surface area contributed by atoms with Gasteiger partial charge in [0, 0.05) is 18.7 Å². The van der Waals surface area contributed by atoms with Gasteiger partial charge in [-0.3, -0.25) is 9.59 Å². The van der Waals surface area contributed by atoms with Crippen LogP contribution in [0.5, 0.6) is 11.5 Å². The molecule has 0 bridgehead atoms. The Labute approximate surface area is 110 Å². The number of hydrogen-bond donors (Lipinski definition) is 3. The lowest BCUT2D eigenvalue weighted by molar-refractivity contribution is -0.137. The second kappa shape index (κ2) is 6.08. The molecule has 0 saturated heterocycles. The molecule has 0 atom stereocenters. The van der Waals surface area contributed by atoms with Crippen LogP contribution < -0.4 is 0 Å². The molecular formula is C13H17NO5. The third-order valence-electron chi connectivity index (χ3n) is 2.66. The van der Waals surface area contributed by atoms with Crippen molar-refractivity contribution in [3.63, 3.8) is 0 Å². The zero-order chi connectivity index (χ0) is 14.6. The van der Waals surface area contributed by atoms with Gasteiger partial charge in [0.25, 0.3) is 5.91 Å². The first-order valence-electron chi connectivity index (χ1n) is 5.87. The minimum Gasteiger partial charge on any atom is -0.508 e. The second-order valence-electron chi connectivity index (χ2n) is 4.44. The fraction of sp³-hybridized carbons (Fsp3) is 0.385. The summed E-state index contributed by atoms with van der Waals surface area (Å²) in [5.74, 6) is -1.93. The smallest absolute Gasteiger partial charge is 0.305 e. The lowest BCUT2D eigenvalue weighted by Crippen LogP contribution is -2.38. The van der Waals surface area contributed by atoms with Crippen molar-refractivity contribution in [2.75, 3.05) is 6.54 Å². The van der Waals surface area contributed by atoms with E-state index in [0.29, 0.717) is 0 Å². The number of rotatable bonds is 5. The van der Waals surface area contributed by atoms with Crippen molar-refractivity contribution in [1.29, 1.82) is 0 Å². The van der Waals surface area contributed by atoms with Crippen LogP contribution in [0.15, 0.2) is 18.2 Å². The minimum absolute atomic E-state index is 0.0388. The molecule has 1 amide bonds. The van der Waals surface area contributed by atoms with Crippen LogP contribution in [0.25, 0.3) is 0 Å². The molecule has 0 aliphatic heterocycles. The van der Waals surface area contributed by atoms with Crippen LogP contribution >= 0.6 is 0 Å². The third-order valence-corrected chi connectivity index (χ3v) is 2.66. The van der Waals surface area contributed by atoms with Crippen molar-refractivity contribution in [1.82, 2.24) is 4.90 Å². The van der Waals surface area contributed by atoms with E-state index in [1.54, 1.807) is 13.8 Å². The zero-order valence-electron chi connectivity index (χ0n) is 10.8. The Morgan fingerprint density at radius 3 is 2.37 bits per heavy atom. The molecule has 0 spiro atoms. The average Bonchev–Trinajstić information content (AvgIpc) is 2.27. The van der Waals surface area contributed by atoms with E-state index in [2.05, 4.69) is 0 Å². The van der Waals surface area contributed by atoms with Crippen molar-refractivity contribution < 1.29 is 24.9 Å². The maximum Gasteiger partial charge on any atom is 0.305 e.